The highest BCUT2D eigenvalue weighted by Crippen LogP contribution is 2.30. The quantitative estimate of drug-likeness (QED) is 0.759. The Morgan fingerprint density at radius 2 is 1.92 bits per heavy atom. The summed E-state index contributed by atoms with van der Waals surface area (Å²) in [6, 6.07) is 7.24. The van der Waals surface area contributed by atoms with E-state index >= 15 is 0 Å². The van der Waals surface area contributed by atoms with Gasteiger partial charge in [-0.3, -0.25) is 14.4 Å². The third kappa shape index (κ3) is 3.82. The summed E-state index contributed by atoms with van der Waals surface area (Å²) in [6.45, 7) is 6.77. The Bertz CT molecular complexity index is 683. The maximum absolute atomic E-state index is 13.0. The zero-order valence-electron chi connectivity index (χ0n) is 14.7. The van der Waals surface area contributed by atoms with E-state index in [1.54, 1.807) is 11.8 Å². The third-order valence-corrected chi connectivity index (χ3v) is 4.95. The van der Waals surface area contributed by atoms with Crippen LogP contribution in [0.2, 0.25) is 0 Å². The second-order valence-corrected chi connectivity index (χ2v) is 6.82. The fourth-order valence-electron chi connectivity index (χ4n) is 3.58. The topological polar surface area (TPSA) is 74.2 Å². The minimum Gasteiger partial charge on any atom is -0.332 e. The lowest BCUT2D eigenvalue weighted by Crippen LogP contribution is -3.16. The van der Waals surface area contributed by atoms with Crippen LogP contribution in [0.5, 0.6) is 0 Å². The van der Waals surface area contributed by atoms with E-state index in [4.69, 9.17) is 0 Å². The Labute approximate surface area is 147 Å². The average Bonchev–Trinajstić information content (AvgIpc) is 2.69. The van der Waals surface area contributed by atoms with E-state index in [0.29, 0.717) is 25.3 Å². The Morgan fingerprint density at radius 3 is 2.60 bits per heavy atom. The number of fused-ring (bicyclic) bond motifs is 1. The first-order valence-corrected chi connectivity index (χ1v) is 8.75. The summed E-state index contributed by atoms with van der Waals surface area (Å²) in [5.74, 6) is 0.0328. The normalized spacial score (nSPS) is 21.4. The molecule has 0 aromatic heterocycles. The highest BCUT2D eigenvalue weighted by Gasteiger charge is 2.32. The van der Waals surface area contributed by atoms with Gasteiger partial charge in [0.1, 0.15) is 0 Å². The maximum atomic E-state index is 13.0. The molecule has 1 fully saturated rings. The smallest absolute Gasteiger partial charge is 0.282 e. The highest BCUT2D eigenvalue weighted by molar-refractivity contribution is 6.04. The molecule has 7 heteroatoms. The van der Waals surface area contributed by atoms with Gasteiger partial charge in [0.15, 0.2) is 6.54 Å². The van der Waals surface area contributed by atoms with Crippen LogP contribution in [0.4, 0.5) is 11.4 Å². The zero-order chi connectivity index (χ0) is 18.0. The van der Waals surface area contributed by atoms with Crippen LogP contribution in [0, 0.1) is 0 Å². The molecule has 0 unspecified atom stereocenters. The minimum atomic E-state index is -0.186. The van der Waals surface area contributed by atoms with Gasteiger partial charge in [0.2, 0.25) is 11.8 Å². The van der Waals surface area contributed by atoms with E-state index in [-0.39, 0.29) is 30.2 Å². The zero-order valence-corrected chi connectivity index (χ0v) is 14.7. The van der Waals surface area contributed by atoms with Crippen LogP contribution in [0.15, 0.2) is 24.3 Å². The molecule has 3 amide bonds. The summed E-state index contributed by atoms with van der Waals surface area (Å²) >= 11 is 0. The van der Waals surface area contributed by atoms with Gasteiger partial charge in [-0.2, -0.15) is 0 Å². The lowest BCUT2D eigenvalue weighted by Gasteiger charge is -2.33. The van der Waals surface area contributed by atoms with Crippen LogP contribution in [0.3, 0.4) is 0 Å². The fraction of sp³-hybridized carbons (Fsp3) is 0.500. The number of carbonyl (C=O) groups is 3. The van der Waals surface area contributed by atoms with E-state index in [1.807, 2.05) is 36.1 Å². The number of amides is 3. The standard InChI is InChI=1S/C18H24N4O3/c1-13-11-17(24)19-15-5-3-4-6-16(15)22(13)18(25)12-20-7-9-21(10-8-20)14(2)23/h3-6,13H,7-12H2,1-2H3,(H,19,24)/p+1/t13-/m0/s1. The molecule has 1 saturated heterocycles. The number of hydrogen-bond donors (Lipinski definition) is 2. The molecular formula is C18H25N4O3+. The molecule has 2 heterocycles. The monoisotopic (exact) mass is 345 g/mol. The van der Waals surface area contributed by atoms with E-state index in [2.05, 4.69) is 5.32 Å². The van der Waals surface area contributed by atoms with Gasteiger partial charge in [0, 0.05) is 19.4 Å². The van der Waals surface area contributed by atoms with Crippen LogP contribution in [0.1, 0.15) is 20.3 Å². The van der Waals surface area contributed by atoms with Crippen LogP contribution in [0.25, 0.3) is 0 Å². The molecule has 1 aromatic carbocycles. The van der Waals surface area contributed by atoms with Crippen molar-refractivity contribution in [3.63, 3.8) is 0 Å². The third-order valence-electron chi connectivity index (χ3n) is 4.95. The summed E-state index contributed by atoms with van der Waals surface area (Å²) < 4.78 is 0. The minimum absolute atomic E-state index is 0.0164. The number of rotatable bonds is 2. The fourth-order valence-corrected chi connectivity index (χ4v) is 3.58. The Morgan fingerprint density at radius 1 is 1.24 bits per heavy atom. The van der Waals surface area contributed by atoms with Crippen LogP contribution in [-0.2, 0) is 14.4 Å². The van der Waals surface area contributed by atoms with Crippen molar-refractivity contribution in [2.24, 2.45) is 0 Å². The van der Waals surface area contributed by atoms with Crippen LogP contribution in [-0.4, -0.2) is 61.4 Å². The van der Waals surface area contributed by atoms with Crippen molar-refractivity contribution in [1.29, 1.82) is 0 Å². The Kier molecular flexibility index (Phi) is 5.03. The molecule has 0 spiro atoms. The van der Waals surface area contributed by atoms with Crippen molar-refractivity contribution in [2.75, 3.05) is 42.9 Å². The molecule has 2 aliphatic heterocycles. The molecule has 0 aliphatic carbocycles. The number of nitrogens with zero attached hydrogens (tertiary/aromatic N) is 2. The van der Waals surface area contributed by atoms with Crippen molar-refractivity contribution in [3.05, 3.63) is 24.3 Å². The summed E-state index contributed by atoms with van der Waals surface area (Å²) in [4.78, 5) is 41.2. The van der Waals surface area contributed by atoms with E-state index < -0.39 is 0 Å². The predicted octanol–water partition coefficient (Wildman–Crippen LogP) is -0.503. The number of benzene rings is 1. The predicted molar refractivity (Wildman–Crippen MR) is 94.5 cm³/mol. The molecule has 1 atom stereocenters. The number of anilines is 2. The molecule has 1 aromatic rings. The van der Waals surface area contributed by atoms with Crippen molar-refractivity contribution in [1.82, 2.24) is 4.90 Å². The lowest BCUT2D eigenvalue weighted by atomic mass is 10.1. The number of quaternary nitrogens is 1. The molecule has 25 heavy (non-hydrogen) atoms. The van der Waals surface area contributed by atoms with Gasteiger partial charge in [-0.05, 0) is 19.1 Å². The molecule has 0 saturated carbocycles. The number of piperazine rings is 1. The number of para-hydroxylation sites is 2. The lowest BCUT2D eigenvalue weighted by molar-refractivity contribution is -0.895. The molecule has 0 radical (unpaired) electrons. The average molecular weight is 345 g/mol. The van der Waals surface area contributed by atoms with E-state index in [9.17, 15) is 14.4 Å². The van der Waals surface area contributed by atoms with Crippen molar-refractivity contribution >= 4 is 29.1 Å². The first-order valence-electron chi connectivity index (χ1n) is 8.75. The van der Waals surface area contributed by atoms with Gasteiger partial charge in [-0.25, -0.2) is 0 Å². The number of carbonyl (C=O) groups excluding carboxylic acids is 3. The van der Waals surface area contributed by atoms with Crippen LogP contribution >= 0.6 is 0 Å². The second-order valence-electron chi connectivity index (χ2n) is 6.82. The van der Waals surface area contributed by atoms with Gasteiger partial charge in [0.25, 0.3) is 5.91 Å². The second kappa shape index (κ2) is 7.23. The number of hydrogen-bond acceptors (Lipinski definition) is 3. The maximum Gasteiger partial charge on any atom is 0.282 e. The molecule has 3 rings (SSSR count). The summed E-state index contributed by atoms with van der Waals surface area (Å²) in [6.07, 6.45) is 0.286. The Hall–Kier alpha value is -2.41. The van der Waals surface area contributed by atoms with E-state index in [0.717, 1.165) is 18.8 Å². The Balaban J connectivity index is 1.73. The van der Waals surface area contributed by atoms with Crippen LogP contribution < -0.4 is 15.1 Å². The SMILES string of the molecule is CC(=O)N1CC[NH+](CC(=O)N2c3ccccc3NC(=O)C[C@@H]2C)CC1. The van der Waals surface area contributed by atoms with Gasteiger partial charge >= 0.3 is 0 Å². The molecule has 2 aliphatic rings. The van der Waals surface area contributed by atoms with Crippen molar-refractivity contribution in [3.8, 4) is 0 Å². The summed E-state index contributed by atoms with van der Waals surface area (Å²) in [7, 11) is 0. The summed E-state index contributed by atoms with van der Waals surface area (Å²) in [5.41, 5.74) is 1.44. The van der Waals surface area contributed by atoms with Gasteiger partial charge in [-0.1, -0.05) is 12.1 Å². The highest BCUT2D eigenvalue weighted by atomic mass is 16.2. The van der Waals surface area contributed by atoms with Gasteiger partial charge in [-0.15, -0.1) is 0 Å². The van der Waals surface area contributed by atoms with Gasteiger partial charge < -0.3 is 20.0 Å². The molecule has 7 nitrogen and oxygen atoms in total. The first-order chi connectivity index (χ1) is 12.0. The van der Waals surface area contributed by atoms with Gasteiger partial charge in [0.05, 0.1) is 37.6 Å². The molecule has 2 N–H and O–H groups in total. The molecule has 134 valence electrons. The largest absolute Gasteiger partial charge is 0.332 e. The molecular weight excluding hydrogens is 320 g/mol. The number of nitrogens with one attached hydrogen (secondary N) is 2. The van der Waals surface area contributed by atoms with Crippen molar-refractivity contribution < 1.29 is 19.3 Å². The summed E-state index contributed by atoms with van der Waals surface area (Å²) in [5, 5.41) is 2.88. The first kappa shape index (κ1) is 17.4. The molecule has 0 bridgehead atoms. The van der Waals surface area contributed by atoms with E-state index in [1.165, 1.54) is 4.90 Å². The van der Waals surface area contributed by atoms with Crippen molar-refractivity contribution in [2.45, 2.75) is 26.3 Å².